The Bertz CT molecular complexity index is 1650. The first-order valence-electron chi connectivity index (χ1n) is 14.0. The summed E-state index contributed by atoms with van der Waals surface area (Å²) in [5, 5.41) is 1.08. The number of rotatable bonds is 6. The number of piperidine rings is 1. The summed E-state index contributed by atoms with van der Waals surface area (Å²) in [5.41, 5.74) is 4.70. The number of aryl methyl sites for hydroxylation is 1. The number of halogens is 3. The minimum atomic E-state index is -0.248. The van der Waals surface area contributed by atoms with Crippen LogP contribution in [-0.4, -0.2) is 42.0 Å². The van der Waals surface area contributed by atoms with E-state index in [0.717, 1.165) is 64.1 Å². The predicted molar refractivity (Wildman–Crippen MR) is 170 cm³/mol. The normalized spacial score (nSPS) is 16.3. The van der Waals surface area contributed by atoms with Gasteiger partial charge in [-0.3, -0.25) is 9.69 Å². The van der Waals surface area contributed by atoms with Crippen molar-refractivity contribution in [1.82, 2.24) is 9.88 Å². The van der Waals surface area contributed by atoms with Crippen LogP contribution in [0.2, 0.25) is 10.2 Å². The standard InChI is InChI=1S/C34H30Cl2FN3OS/c1-23-4-5-24(19-30(23)35)3-2-16-39-17-13-34(14-18-39)22-40(33(41)25-12-15-38-32(36)20-25)31-11-10-28(21-29(31)34)42-27-8-6-26(37)7-9-27/h2-12,15,19-21H,13-14,16-18,22H2,1H3/b3-2+. The van der Waals surface area contributed by atoms with Crippen LogP contribution in [0.3, 0.4) is 0 Å². The number of benzene rings is 3. The third kappa shape index (κ3) is 6.13. The van der Waals surface area contributed by atoms with Gasteiger partial charge in [0.05, 0.1) is 0 Å². The molecule has 6 rings (SSSR count). The Kier molecular flexibility index (Phi) is 8.42. The summed E-state index contributed by atoms with van der Waals surface area (Å²) in [6.45, 7) is 5.34. The Balaban J connectivity index is 1.23. The van der Waals surface area contributed by atoms with Gasteiger partial charge >= 0.3 is 0 Å². The quantitative estimate of drug-likeness (QED) is 0.203. The fourth-order valence-corrected chi connectivity index (χ4v) is 7.08. The van der Waals surface area contributed by atoms with Gasteiger partial charge in [-0.15, -0.1) is 0 Å². The first-order chi connectivity index (χ1) is 20.3. The van der Waals surface area contributed by atoms with Crippen LogP contribution in [0.4, 0.5) is 10.1 Å². The topological polar surface area (TPSA) is 36.4 Å². The highest BCUT2D eigenvalue weighted by molar-refractivity contribution is 7.99. The number of carbonyl (C=O) groups excluding carboxylic acids is 1. The van der Waals surface area contributed by atoms with E-state index >= 15 is 0 Å². The predicted octanol–water partition coefficient (Wildman–Crippen LogP) is 8.69. The third-order valence-electron chi connectivity index (χ3n) is 8.24. The van der Waals surface area contributed by atoms with Crippen LogP contribution in [0.5, 0.6) is 0 Å². The number of nitrogens with zero attached hydrogens (tertiary/aromatic N) is 3. The zero-order chi connectivity index (χ0) is 29.3. The van der Waals surface area contributed by atoms with Crippen LogP contribution in [0.25, 0.3) is 6.08 Å². The minimum Gasteiger partial charge on any atom is -0.307 e. The van der Waals surface area contributed by atoms with Gasteiger partial charge in [0.25, 0.3) is 5.91 Å². The molecule has 1 amide bonds. The van der Waals surface area contributed by atoms with E-state index in [1.54, 1.807) is 42.2 Å². The van der Waals surface area contributed by atoms with E-state index in [9.17, 15) is 9.18 Å². The summed E-state index contributed by atoms with van der Waals surface area (Å²) in [4.78, 5) is 24.2. The lowest BCUT2D eigenvalue weighted by atomic mass is 9.74. The van der Waals surface area contributed by atoms with Crippen LogP contribution in [0.1, 0.15) is 39.9 Å². The molecule has 2 aliphatic heterocycles. The molecule has 0 bridgehead atoms. The van der Waals surface area contributed by atoms with Crippen LogP contribution in [0, 0.1) is 12.7 Å². The van der Waals surface area contributed by atoms with Crippen molar-refractivity contribution >= 4 is 52.6 Å². The Morgan fingerprint density at radius 2 is 1.76 bits per heavy atom. The maximum atomic E-state index is 13.8. The van der Waals surface area contributed by atoms with Gasteiger partial charge in [-0.2, -0.15) is 0 Å². The molecule has 42 heavy (non-hydrogen) atoms. The van der Waals surface area contributed by atoms with E-state index in [1.165, 1.54) is 17.7 Å². The fraction of sp³-hybridized carbons (Fsp3) is 0.235. The molecule has 1 spiro atoms. The molecule has 2 aliphatic rings. The molecule has 4 aromatic rings. The number of hydrogen-bond acceptors (Lipinski definition) is 4. The fourth-order valence-electron chi connectivity index (χ4n) is 5.86. The van der Waals surface area contributed by atoms with Crippen molar-refractivity contribution in [2.75, 3.05) is 31.1 Å². The summed E-state index contributed by atoms with van der Waals surface area (Å²) in [5.74, 6) is -0.319. The van der Waals surface area contributed by atoms with Crippen LogP contribution >= 0.6 is 35.0 Å². The van der Waals surface area contributed by atoms with Crippen molar-refractivity contribution in [2.24, 2.45) is 0 Å². The monoisotopic (exact) mass is 617 g/mol. The highest BCUT2D eigenvalue weighted by Crippen LogP contribution is 2.49. The highest BCUT2D eigenvalue weighted by Gasteiger charge is 2.46. The molecule has 0 aliphatic carbocycles. The van der Waals surface area contributed by atoms with Gasteiger partial charge < -0.3 is 4.90 Å². The lowest BCUT2D eigenvalue weighted by Crippen LogP contribution is -2.46. The Hall–Kier alpha value is -3.16. The van der Waals surface area contributed by atoms with Gasteiger partial charge in [-0.25, -0.2) is 9.37 Å². The first-order valence-corrected chi connectivity index (χ1v) is 15.5. The number of carbonyl (C=O) groups is 1. The van der Waals surface area contributed by atoms with Gasteiger partial charge in [-0.1, -0.05) is 59.2 Å². The molecule has 0 N–H and O–H groups in total. The van der Waals surface area contributed by atoms with Gasteiger partial charge in [0.2, 0.25) is 0 Å². The van der Waals surface area contributed by atoms with E-state index in [2.05, 4.69) is 40.2 Å². The SMILES string of the molecule is Cc1ccc(/C=C/CN2CCC3(CC2)CN(C(=O)c2ccnc(Cl)c2)c2ccc(Sc4ccc(F)cc4)cc23)cc1Cl. The zero-order valence-corrected chi connectivity index (χ0v) is 25.5. The zero-order valence-electron chi connectivity index (χ0n) is 23.2. The van der Waals surface area contributed by atoms with Crippen molar-refractivity contribution in [3.05, 3.63) is 123 Å². The first kappa shape index (κ1) is 28.9. The summed E-state index contributed by atoms with van der Waals surface area (Å²) < 4.78 is 13.5. The second-order valence-electron chi connectivity index (χ2n) is 11.0. The summed E-state index contributed by atoms with van der Waals surface area (Å²) in [6, 6.07) is 22.3. The molecular formula is C34H30Cl2FN3OS. The van der Waals surface area contributed by atoms with Crippen molar-refractivity contribution in [3.63, 3.8) is 0 Å². The van der Waals surface area contributed by atoms with Crippen LogP contribution < -0.4 is 4.90 Å². The number of fused-ring (bicyclic) bond motifs is 2. The molecule has 1 saturated heterocycles. The summed E-state index contributed by atoms with van der Waals surface area (Å²) in [6.07, 6.45) is 7.77. The molecule has 4 nitrogen and oxygen atoms in total. The van der Waals surface area contributed by atoms with Gasteiger partial charge in [0.1, 0.15) is 11.0 Å². The molecule has 3 heterocycles. The maximum absolute atomic E-state index is 13.8. The number of hydrogen-bond donors (Lipinski definition) is 0. The van der Waals surface area contributed by atoms with E-state index in [0.29, 0.717) is 17.3 Å². The van der Waals surface area contributed by atoms with Crippen LogP contribution in [-0.2, 0) is 5.41 Å². The second-order valence-corrected chi connectivity index (χ2v) is 12.9. The van der Waals surface area contributed by atoms with Crippen molar-refractivity contribution in [2.45, 2.75) is 35.0 Å². The van der Waals surface area contributed by atoms with Crippen molar-refractivity contribution < 1.29 is 9.18 Å². The largest absolute Gasteiger partial charge is 0.307 e. The van der Waals surface area contributed by atoms with E-state index in [1.807, 2.05) is 30.0 Å². The van der Waals surface area contributed by atoms with E-state index < -0.39 is 0 Å². The molecule has 0 radical (unpaired) electrons. The lowest BCUT2D eigenvalue weighted by Gasteiger charge is -2.39. The Morgan fingerprint density at radius 3 is 2.50 bits per heavy atom. The molecular weight excluding hydrogens is 588 g/mol. The lowest BCUT2D eigenvalue weighted by molar-refractivity contribution is 0.0977. The number of anilines is 1. The molecule has 0 atom stereocenters. The number of likely N-dealkylation sites (tertiary alicyclic amines) is 1. The maximum Gasteiger partial charge on any atom is 0.258 e. The van der Waals surface area contributed by atoms with E-state index in [-0.39, 0.29) is 17.1 Å². The van der Waals surface area contributed by atoms with Gasteiger partial charge in [0.15, 0.2) is 0 Å². The van der Waals surface area contributed by atoms with E-state index in [4.69, 9.17) is 23.2 Å². The molecule has 1 aromatic heterocycles. The molecule has 3 aromatic carbocycles. The number of amides is 1. The van der Waals surface area contributed by atoms with Crippen molar-refractivity contribution in [3.8, 4) is 0 Å². The average Bonchev–Trinajstić information content (AvgIpc) is 3.30. The van der Waals surface area contributed by atoms with Gasteiger partial charge in [0, 0.05) is 50.8 Å². The molecule has 0 unspecified atom stereocenters. The average molecular weight is 619 g/mol. The molecule has 1 fully saturated rings. The Morgan fingerprint density at radius 1 is 1.00 bits per heavy atom. The third-order valence-corrected chi connectivity index (χ3v) is 9.85. The minimum absolute atomic E-state index is 0.0708. The summed E-state index contributed by atoms with van der Waals surface area (Å²) in [7, 11) is 0. The summed E-state index contributed by atoms with van der Waals surface area (Å²) >= 11 is 14.0. The molecule has 8 heteroatoms. The van der Waals surface area contributed by atoms with Crippen LogP contribution in [0.15, 0.2) is 94.9 Å². The number of pyridine rings is 1. The highest BCUT2D eigenvalue weighted by atomic mass is 35.5. The van der Waals surface area contributed by atoms with Gasteiger partial charge in [-0.05, 0) is 110 Å². The van der Waals surface area contributed by atoms with Crippen molar-refractivity contribution in [1.29, 1.82) is 0 Å². The smallest absolute Gasteiger partial charge is 0.258 e. The molecule has 214 valence electrons. The number of aromatic nitrogens is 1. The second kappa shape index (κ2) is 12.2. The Labute approximate surface area is 260 Å². The molecule has 0 saturated carbocycles.